The molecule has 1 atom stereocenters. The van der Waals surface area contributed by atoms with Crippen LogP contribution in [0, 0.1) is 12.3 Å². The van der Waals surface area contributed by atoms with Gasteiger partial charge in [-0.3, -0.25) is 0 Å². The fraction of sp³-hybridized carbons (Fsp3) is 0.391. The second kappa shape index (κ2) is 9.75. The fourth-order valence-electron chi connectivity index (χ4n) is 3.78. The van der Waals surface area contributed by atoms with Crippen LogP contribution in [0.15, 0.2) is 47.6 Å². The van der Waals surface area contributed by atoms with E-state index in [4.69, 9.17) is 11.6 Å². The van der Waals surface area contributed by atoms with E-state index in [1.807, 2.05) is 12.1 Å². The van der Waals surface area contributed by atoms with Crippen molar-refractivity contribution in [2.75, 3.05) is 23.9 Å². The molecule has 1 heterocycles. The van der Waals surface area contributed by atoms with Gasteiger partial charge in [0.25, 0.3) is 0 Å². The number of nitrogens with zero attached hydrogens (tertiary/aromatic N) is 2. The molecule has 1 aliphatic rings. The number of hydrazone groups is 1. The Labute approximate surface area is 195 Å². The quantitative estimate of drug-likeness (QED) is 0.446. The Morgan fingerprint density at radius 3 is 2.53 bits per heavy atom. The number of anilines is 1. The number of urea groups is 1. The van der Waals surface area contributed by atoms with E-state index in [1.165, 1.54) is 18.0 Å². The van der Waals surface area contributed by atoms with Crippen LogP contribution < -0.4 is 5.32 Å². The predicted octanol–water partition coefficient (Wildman–Crippen LogP) is 7.07. The summed E-state index contributed by atoms with van der Waals surface area (Å²) in [6.07, 6.45) is -0.563. The minimum Gasteiger partial charge on any atom is -0.306 e. The Kier molecular flexibility index (Phi) is 7.45. The minimum atomic E-state index is -4.43. The number of halogens is 4. The molecule has 1 N–H and O–H groups in total. The van der Waals surface area contributed by atoms with Gasteiger partial charge in [-0.15, -0.1) is 0 Å². The molecule has 0 saturated heterocycles. The van der Waals surface area contributed by atoms with Crippen LogP contribution in [0.1, 0.15) is 36.5 Å². The van der Waals surface area contributed by atoms with Crippen molar-refractivity contribution in [3.63, 3.8) is 0 Å². The van der Waals surface area contributed by atoms with E-state index >= 15 is 0 Å². The topological polar surface area (TPSA) is 44.7 Å². The summed E-state index contributed by atoms with van der Waals surface area (Å²) in [6, 6.07) is 10.1. The number of nitrogens with one attached hydrogen (secondary N) is 1. The largest absolute Gasteiger partial charge is 0.416 e. The molecule has 0 saturated carbocycles. The highest BCUT2D eigenvalue weighted by Gasteiger charge is 2.41. The summed E-state index contributed by atoms with van der Waals surface area (Å²) in [7, 11) is 0. The lowest BCUT2D eigenvalue weighted by Gasteiger charge is -2.26. The molecule has 2 aromatic rings. The Balaban J connectivity index is 1.84. The molecule has 0 radical (unpaired) electrons. The first-order valence-corrected chi connectivity index (χ1v) is 11.9. The third kappa shape index (κ3) is 5.59. The molecular weight excluding hydrogens is 459 g/mol. The highest BCUT2D eigenvalue weighted by Crippen LogP contribution is 2.37. The molecule has 2 amide bonds. The van der Waals surface area contributed by atoms with E-state index in [9.17, 15) is 18.0 Å². The van der Waals surface area contributed by atoms with Crippen LogP contribution in [-0.4, -0.2) is 35.3 Å². The molecule has 2 aromatic carbocycles. The van der Waals surface area contributed by atoms with Crippen LogP contribution in [0.3, 0.4) is 0 Å². The zero-order valence-corrected chi connectivity index (χ0v) is 19.7. The Hall–Kier alpha value is -2.19. The molecular formula is C23H25ClF3N3OS. The number of benzene rings is 2. The summed E-state index contributed by atoms with van der Waals surface area (Å²) < 4.78 is 38.8. The van der Waals surface area contributed by atoms with Crippen LogP contribution in [0.25, 0.3) is 0 Å². The van der Waals surface area contributed by atoms with E-state index < -0.39 is 17.8 Å². The number of alkyl halides is 3. The van der Waals surface area contributed by atoms with Gasteiger partial charge in [0.05, 0.1) is 17.8 Å². The van der Waals surface area contributed by atoms with Gasteiger partial charge in [0.2, 0.25) is 0 Å². The van der Waals surface area contributed by atoms with E-state index in [-0.39, 0.29) is 5.41 Å². The molecule has 4 nitrogen and oxygen atoms in total. The lowest BCUT2D eigenvalue weighted by Crippen LogP contribution is -2.36. The molecule has 1 unspecified atom stereocenters. The number of rotatable bonds is 6. The maximum atomic E-state index is 13.0. The Bertz CT molecular complexity index is 1010. The second-order valence-electron chi connectivity index (χ2n) is 8.13. The molecule has 172 valence electrons. The van der Waals surface area contributed by atoms with Crippen molar-refractivity contribution < 1.29 is 18.0 Å². The number of hydrogen-bond donors (Lipinski definition) is 1. The summed E-state index contributed by atoms with van der Waals surface area (Å²) >= 11 is 7.79. The van der Waals surface area contributed by atoms with Crippen molar-refractivity contribution in [2.24, 2.45) is 10.5 Å². The van der Waals surface area contributed by atoms with Gasteiger partial charge in [0, 0.05) is 16.1 Å². The molecule has 3 rings (SSSR count). The highest BCUT2D eigenvalue weighted by molar-refractivity contribution is 7.98. The summed E-state index contributed by atoms with van der Waals surface area (Å²) in [5.41, 5.74) is 1.24. The first-order chi connectivity index (χ1) is 15.0. The van der Waals surface area contributed by atoms with Crippen LogP contribution in [0.2, 0.25) is 5.02 Å². The van der Waals surface area contributed by atoms with Crippen LogP contribution >= 0.6 is 23.4 Å². The molecule has 32 heavy (non-hydrogen) atoms. The van der Waals surface area contributed by atoms with E-state index in [0.717, 1.165) is 42.0 Å². The number of carbonyl (C=O) groups excluding carboxylic acids is 1. The molecule has 1 aliphatic heterocycles. The van der Waals surface area contributed by atoms with Gasteiger partial charge in [-0.25, -0.2) is 9.80 Å². The average Bonchev–Trinajstić information content (AvgIpc) is 3.07. The number of thioether (sulfide) groups is 1. The molecule has 0 bridgehead atoms. The lowest BCUT2D eigenvalue weighted by molar-refractivity contribution is -0.137. The average molecular weight is 484 g/mol. The van der Waals surface area contributed by atoms with Crippen molar-refractivity contribution in [1.29, 1.82) is 0 Å². The fourth-order valence-corrected chi connectivity index (χ4v) is 4.34. The van der Waals surface area contributed by atoms with Crippen molar-refractivity contribution >= 4 is 40.8 Å². The van der Waals surface area contributed by atoms with Gasteiger partial charge >= 0.3 is 12.2 Å². The SMILES string of the molecule is CSCCCC1(C)CN(C(=O)Nc2ccc(C(F)(F)F)cc2C)N=C1c1ccc(Cl)cc1. The monoisotopic (exact) mass is 483 g/mol. The van der Waals surface area contributed by atoms with Crippen molar-refractivity contribution in [2.45, 2.75) is 32.9 Å². The first kappa shape index (κ1) is 24.5. The third-order valence-corrected chi connectivity index (χ3v) is 6.46. The zero-order chi connectivity index (χ0) is 23.5. The van der Waals surface area contributed by atoms with Crippen molar-refractivity contribution in [3.05, 3.63) is 64.2 Å². The summed E-state index contributed by atoms with van der Waals surface area (Å²) in [5, 5.41) is 9.29. The third-order valence-electron chi connectivity index (χ3n) is 5.52. The molecule has 9 heteroatoms. The van der Waals surface area contributed by atoms with Crippen LogP contribution in [0.5, 0.6) is 0 Å². The maximum Gasteiger partial charge on any atom is 0.416 e. The normalized spacial score (nSPS) is 18.6. The standard InChI is InChI=1S/C23H25ClF3N3OS/c1-15-13-17(23(25,26)27)7-10-19(15)28-21(31)30-14-22(2,11-4-12-32-3)20(29-30)16-5-8-18(24)9-6-16/h5-10,13H,4,11-12,14H2,1-3H3,(H,28,31). The molecule has 0 aliphatic carbocycles. The summed E-state index contributed by atoms with van der Waals surface area (Å²) in [4.78, 5) is 13.0. The van der Waals surface area contributed by atoms with Gasteiger partial charge in [-0.2, -0.15) is 30.0 Å². The van der Waals surface area contributed by atoms with Gasteiger partial charge in [0.1, 0.15) is 0 Å². The van der Waals surface area contributed by atoms with Crippen LogP contribution in [-0.2, 0) is 6.18 Å². The van der Waals surface area contributed by atoms with Crippen molar-refractivity contribution in [3.8, 4) is 0 Å². The summed E-state index contributed by atoms with van der Waals surface area (Å²) in [6.45, 7) is 3.99. The number of amides is 2. The Morgan fingerprint density at radius 2 is 1.94 bits per heavy atom. The van der Waals surface area contributed by atoms with Gasteiger partial charge in [-0.05, 0) is 73.2 Å². The first-order valence-electron chi connectivity index (χ1n) is 10.1. The van der Waals surface area contributed by atoms with Crippen LogP contribution in [0.4, 0.5) is 23.7 Å². The van der Waals surface area contributed by atoms with Crippen molar-refractivity contribution in [1.82, 2.24) is 5.01 Å². The Morgan fingerprint density at radius 1 is 1.25 bits per heavy atom. The second-order valence-corrected chi connectivity index (χ2v) is 9.55. The molecule has 0 aromatic heterocycles. The molecule has 0 fully saturated rings. The lowest BCUT2D eigenvalue weighted by atomic mass is 9.78. The number of aryl methyl sites for hydroxylation is 1. The van der Waals surface area contributed by atoms with Gasteiger partial charge in [-0.1, -0.05) is 30.7 Å². The molecule has 0 spiro atoms. The van der Waals surface area contributed by atoms with E-state index in [2.05, 4.69) is 23.6 Å². The zero-order valence-electron chi connectivity index (χ0n) is 18.1. The number of carbonyl (C=O) groups is 1. The minimum absolute atomic E-state index is 0.322. The maximum absolute atomic E-state index is 13.0. The highest BCUT2D eigenvalue weighted by atomic mass is 35.5. The van der Waals surface area contributed by atoms with Gasteiger partial charge in [0.15, 0.2) is 0 Å². The van der Waals surface area contributed by atoms with Gasteiger partial charge < -0.3 is 5.32 Å². The predicted molar refractivity (Wildman–Crippen MR) is 126 cm³/mol. The smallest absolute Gasteiger partial charge is 0.306 e. The number of hydrogen-bond acceptors (Lipinski definition) is 3. The van der Waals surface area contributed by atoms with E-state index in [1.54, 1.807) is 23.9 Å². The van der Waals surface area contributed by atoms with E-state index in [0.29, 0.717) is 22.8 Å². The summed E-state index contributed by atoms with van der Waals surface area (Å²) in [5.74, 6) is 1.00.